The lowest BCUT2D eigenvalue weighted by atomic mass is 10.2. The normalized spacial score (nSPS) is 11.0. The van der Waals surface area contributed by atoms with Gasteiger partial charge in [-0.3, -0.25) is 10.1 Å². The second-order valence-electron chi connectivity index (χ2n) is 5.32. The Morgan fingerprint density at radius 2 is 2.16 bits per heavy atom. The Balaban J connectivity index is 1.55. The summed E-state index contributed by atoms with van der Waals surface area (Å²) in [5.74, 6) is -0.0872. The third kappa shape index (κ3) is 4.60. The van der Waals surface area contributed by atoms with Gasteiger partial charge in [-0.2, -0.15) is 0 Å². The van der Waals surface area contributed by atoms with Gasteiger partial charge in [0.1, 0.15) is 10.8 Å². The van der Waals surface area contributed by atoms with E-state index in [-0.39, 0.29) is 34.5 Å². The van der Waals surface area contributed by atoms with Crippen molar-refractivity contribution in [2.24, 2.45) is 0 Å². The molecule has 1 amide bonds. The number of nitrogens with zero attached hydrogens (tertiary/aromatic N) is 4. The third-order valence-electron chi connectivity index (χ3n) is 2.99. The summed E-state index contributed by atoms with van der Waals surface area (Å²) in [6.45, 7) is 4.02. The predicted octanol–water partition coefficient (Wildman–Crippen LogP) is 3.58. The van der Waals surface area contributed by atoms with Gasteiger partial charge < -0.3 is 4.42 Å². The highest BCUT2D eigenvalue weighted by molar-refractivity contribution is 7.99. The standard InChI is InChI=1S/C15H14FN5O2S2/c1-8(2)13-19-20-14(25-13)17-11(22)7-24-15-21-18-12(23-15)9-4-3-5-10(16)6-9/h3-6,8H,7H2,1-2H3,(H,17,20,22). The third-order valence-corrected chi connectivity index (χ3v) is 4.94. The van der Waals surface area contributed by atoms with E-state index in [0.29, 0.717) is 10.7 Å². The van der Waals surface area contributed by atoms with Crippen molar-refractivity contribution in [2.75, 3.05) is 11.1 Å². The zero-order chi connectivity index (χ0) is 17.8. The molecule has 0 saturated carbocycles. The quantitative estimate of drug-likeness (QED) is 0.654. The van der Waals surface area contributed by atoms with Crippen molar-refractivity contribution in [3.05, 3.63) is 35.1 Å². The van der Waals surface area contributed by atoms with E-state index < -0.39 is 0 Å². The van der Waals surface area contributed by atoms with Gasteiger partial charge in [0.2, 0.25) is 16.9 Å². The van der Waals surface area contributed by atoms with E-state index in [1.165, 1.54) is 23.5 Å². The Labute approximate surface area is 151 Å². The van der Waals surface area contributed by atoms with Gasteiger partial charge in [0.15, 0.2) is 0 Å². The average molecular weight is 379 g/mol. The summed E-state index contributed by atoms with van der Waals surface area (Å²) in [7, 11) is 0. The summed E-state index contributed by atoms with van der Waals surface area (Å²) in [5, 5.41) is 19.9. The van der Waals surface area contributed by atoms with E-state index in [0.717, 1.165) is 16.8 Å². The van der Waals surface area contributed by atoms with Crippen molar-refractivity contribution in [3.8, 4) is 11.5 Å². The van der Waals surface area contributed by atoms with Crippen molar-refractivity contribution >= 4 is 34.1 Å². The van der Waals surface area contributed by atoms with E-state index in [1.807, 2.05) is 13.8 Å². The summed E-state index contributed by atoms with van der Waals surface area (Å²) in [4.78, 5) is 12.0. The number of rotatable bonds is 6. The minimum atomic E-state index is -0.387. The molecule has 1 aromatic carbocycles. The molecule has 0 fully saturated rings. The minimum Gasteiger partial charge on any atom is -0.411 e. The highest BCUT2D eigenvalue weighted by Gasteiger charge is 2.14. The number of anilines is 1. The Hall–Kier alpha value is -2.33. The molecule has 0 aliphatic rings. The number of amides is 1. The molecule has 130 valence electrons. The van der Waals surface area contributed by atoms with Crippen LogP contribution in [0.1, 0.15) is 24.8 Å². The first-order chi connectivity index (χ1) is 12.0. The number of halogens is 1. The van der Waals surface area contributed by atoms with Crippen LogP contribution in [0, 0.1) is 5.82 Å². The molecule has 0 aliphatic heterocycles. The van der Waals surface area contributed by atoms with Crippen molar-refractivity contribution in [1.82, 2.24) is 20.4 Å². The first kappa shape index (κ1) is 17.5. The highest BCUT2D eigenvalue weighted by atomic mass is 32.2. The summed E-state index contributed by atoms with van der Waals surface area (Å²) >= 11 is 2.43. The van der Waals surface area contributed by atoms with Crippen LogP contribution in [0.4, 0.5) is 9.52 Å². The molecule has 7 nitrogen and oxygen atoms in total. The molecule has 0 aliphatic carbocycles. The number of thioether (sulfide) groups is 1. The van der Waals surface area contributed by atoms with Crippen LogP contribution >= 0.6 is 23.1 Å². The molecule has 0 saturated heterocycles. The van der Waals surface area contributed by atoms with Crippen LogP contribution in [-0.2, 0) is 4.79 Å². The SMILES string of the molecule is CC(C)c1nnc(NC(=O)CSc2nnc(-c3cccc(F)c3)o2)s1. The smallest absolute Gasteiger partial charge is 0.277 e. The number of carbonyl (C=O) groups excluding carboxylic acids is 1. The minimum absolute atomic E-state index is 0.0847. The zero-order valence-corrected chi connectivity index (χ0v) is 15.0. The highest BCUT2D eigenvalue weighted by Crippen LogP contribution is 2.25. The Morgan fingerprint density at radius 3 is 2.88 bits per heavy atom. The fourth-order valence-corrected chi connectivity index (χ4v) is 3.13. The number of benzene rings is 1. The van der Waals surface area contributed by atoms with E-state index in [9.17, 15) is 9.18 Å². The second kappa shape index (κ2) is 7.70. The number of hydrogen-bond donors (Lipinski definition) is 1. The van der Waals surface area contributed by atoms with Crippen LogP contribution in [0.5, 0.6) is 0 Å². The fraction of sp³-hybridized carbons (Fsp3) is 0.267. The molecule has 10 heteroatoms. The zero-order valence-electron chi connectivity index (χ0n) is 13.4. The van der Waals surface area contributed by atoms with E-state index in [1.54, 1.807) is 12.1 Å². The Morgan fingerprint density at radius 1 is 1.32 bits per heavy atom. The molecule has 0 spiro atoms. The van der Waals surface area contributed by atoms with Gasteiger partial charge >= 0.3 is 0 Å². The average Bonchev–Trinajstić information content (AvgIpc) is 3.22. The van der Waals surface area contributed by atoms with Crippen LogP contribution < -0.4 is 5.32 Å². The lowest BCUT2D eigenvalue weighted by Crippen LogP contribution is -2.13. The maximum Gasteiger partial charge on any atom is 0.277 e. The van der Waals surface area contributed by atoms with Crippen molar-refractivity contribution < 1.29 is 13.6 Å². The monoisotopic (exact) mass is 379 g/mol. The molecule has 0 radical (unpaired) electrons. The van der Waals surface area contributed by atoms with E-state index >= 15 is 0 Å². The molecule has 0 unspecified atom stereocenters. The number of carbonyl (C=O) groups is 1. The largest absolute Gasteiger partial charge is 0.411 e. The van der Waals surface area contributed by atoms with Gasteiger partial charge in [-0.1, -0.05) is 43.0 Å². The molecule has 2 aromatic heterocycles. The number of hydrogen-bond acceptors (Lipinski definition) is 8. The van der Waals surface area contributed by atoms with Crippen LogP contribution in [0.3, 0.4) is 0 Å². The van der Waals surface area contributed by atoms with Crippen molar-refractivity contribution in [1.29, 1.82) is 0 Å². The topological polar surface area (TPSA) is 93.8 Å². The molecule has 2 heterocycles. The molecular formula is C15H14FN5O2S2. The molecular weight excluding hydrogens is 365 g/mol. The van der Waals surface area contributed by atoms with Crippen LogP contribution in [0.2, 0.25) is 0 Å². The van der Waals surface area contributed by atoms with Gasteiger partial charge in [0, 0.05) is 11.5 Å². The van der Waals surface area contributed by atoms with Crippen molar-refractivity contribution in [2.45, 2.75) is 25.0 Å². The van der Waals surface area contributed by atoms with Crippen LogP contribution in [0.25, 0.3) is 11.5 Å². The van der Waals surface area contributed by atoms with E-state index in [4.69, 9.17) is 4.42 Å². The molecule has 1 N–H and O–H groups in total. The van der Waals surface area contributed by atoms with E-state index in [2.05, 4.69) is 25.7 Å². The van der Waals surface area contributed by atoms with Gasteiger partial charge in [-0.15, -0.1) is 20.4 Å². The summed E-state index contributed by atoms with van der Waals surface area (Å²) < 4.78 is 18.6. The lowest BCUT2D eigenvalue weighted by molar-refractivity contribution is -0.113. The van der Waals surface area contributed by atoms with Crippen molar-refractivity contribution in [3.63, 3.8) is 0 Å². The van der Waals surface area contributed by atoms with Gasteiger partial charge in [-0.25, -0.2) is 4.39 Å². The maximum absolute atomic E-state index is 13.2. The summed E-state index contributed by atoms with van der Waals surface area (Å²) in [6, 6.07) is 5.86. The molecule has 25 heavy (non-hydrogen) atoms. The number of nitrogens with one attached hydrogen (secondary N) is 1. The molecule has 0 bridgehead atoms. The fourth-order valence-electron chi connectivity index (χ4n) is 1.81. The summed E-state index contributed by atoms with van der Waals surface area (Å²) in [5.41, 5.74) is 0.485. The molecule has 0 atom stereocenters. The van der Waals surface area contributed by atoms with Gasteiger partial charge in [-0.05, 0) is 18.2 Å². The second-order valence-corrected chi connectivity index (χ2v) is 7.26. The Bertz CT molecular complexity index is 880. The first-order valence-electron chi connectivity index (χ1n) is 7.37. The van der Waals surface area contributed by atoms with Gasteiger partial charge in [0.05, 0.1) is 5.75 Å². The van der Waals surface area contributed by atoms with Crippen LogP contribution in [0.15, 0.2) is 33.9 Å². The van der Waals surface area contributed by atoms with Gasteiger partial charge in [0.25, 0.3) is 5.22 Å². The first-order valence-corrected chi connectivity index (χ1v) is 9.17. The molecule has 3 rings (SSSR count). The number of aromatic nitrogens is 4. The lowest BCUT2D eigenvalue weighted by Gasteiger charge is -1.98. The molecule has 3 aromatic rings. The van der Waals surface area contributed by atoms with Crippen LogP contribution in [-0.4, -0.2) is 32.1 Å². The maximum atomic E-state index is 13.2. The summed E-state index contributed by atoms with van der Waals surface area (Å²) in [6.07, 6.45) is 0. The predicted molar refractivity (Wildman–Crippen MR) is 93.0 cm³/mol. The Kier molecular flexibility index (Phi) is 5.39.